The van der Waals surface area contributed by atoms with Crippen molar-refractivity contribution in [3.8, 4) is 11.3 Å². The lowest BCUT2D eigenvalue weighted by Gasteiger charge is -2.14. The molecule has 0 unspecified atom stereocenters. The van der Waals surface area contributed by atoms with Gasteiger partial charge in [-0.25, -0.2) is 0 Å². The molecule has 0 N–H and O–H groups in total. The summed E-state index contributed by atoms with van der Waals surface area (Å²) in [6.45, 7) is 0.487. The van der Waals surface area contributed by atoms with E-state index in [-0.39, 0.29) is 5.91 Å². The number of furan rings is 1. The molecule has 31 heavy (non-hydrogen) atoms. The van der Waals surface area contributed by atoms with Gasteiger partial charge in [0.15, 0.2) is 0 Å². The fourth-order valence-electron chi connectivity index (χ4n) is 3.12. The SMILES string of the molecule is O=C1/C(=C/c2ccc(-c3ccc(C(F)(F)F)cc3)o2)SC(=S)N1CCc1ccccc1. The second-order valence-corrected chi connectivity index (χ2v) is 8.52. The highest BCUT2D eigenvalue weighted by Crippen LogP contribution is 2.34. The molecule has 0 spiro atoms. The van der Waals surface area contributed by atoms with Crippen LogP contribution in [0.3, 0.4) is 0 Å². The average Bonchev–Trinajstić information content (AvgIpc) is 3.32. The van der Waals surface area contributed by atoms with Gasteiger partial charge in [-0.1, -0.05) is 66.4 Å². The number of thioether (sulfide) groups is 1. The van der Waals surface area contributed by atoms with E-state index in [0.29, 0.717) is 39.3 Å². The van der Waals surface area contributed by atoms with E-state index in [1.165, 1.54) is 23.9 Å². The molecule has 1 aromatic heterocycles. The number of thiocarbonyl (C=S) groups is 1. The summed E-state index contributed by atoms with van der Waals surface area (Å²) in [5, 5.41) is 0. The number of alkyl halides is 3. The lowest BCUT2D eigenvalue weighted by atomic mass is 10.1. The third-order valence-corrected chi connectivity index (χ3v) is 6.12. The Kier molecular flexibility index (Phi) is 6.02. The predicted molar refractivity (Wildman–Crippen MR) is 119 cm³/mol. The van der Waals surface area contributed by atoms with Gasteiger partial charge in [-0.15, -0.1) is 0 Å². The van der Waals surface area contributed by atoms with E-state index in [2.05, 4.69) is 0 Å². The summed E-state index contributed by atoms with van der Waals surface area (Å²) >= 11 is 6.56. The largest absolute Gasteiger partial charge is 0.457 e. The minimum atomic E-state index is -4.39. The summed E-state index contributed by atoms with van der Waals surface area (Å²) in [6, 6.07) is 17.9. The van der Waals surface area contributed by atoms with E-state index in [9.17, 15) is 18.0 Å². The quantitative estimate of drug-likeness (QED) is 0.326. The molecule has 1 saturated heterocycles. The van der Waals surface area contributed by atoms with E-state index in [1.807, 2.05) is 30.3 Å². The van der Waals surface area contributed by atoms with Crippen molar-refractivity contribution in [2.45, 2.75) is 12.6 Å². The van der Waals surface area contributed by atoms with E-state index in [0.717, 1.165) is 17.7 Å². The molecule has 2 aromatic carbocycles. The first-order valence-corrected chi connectivity index (χ1v) is 10.6. The zero-order chi connectivity index (χ0) is 22.0. The van der Waals surface area contributed by atoms with Gasteiger partial charge in [-0.2, -0.15) is 13.2 Å². The Morgan fingerprint density at radius 3 is 2.39 bits per heavy atom. The molecular formula is C23H16F3NO2S2. The van der Waals surface area contributed by atoms with Crippen LogP contribution < -0.4 is 0 Å². The molecule has 1 amide bonds. The van der Waals surface area contributed by atoms with Gasteiger partial charge >= 0.3 is 6.18 Å². The summed E-state index contributed by atoms with van der Waals surface area (Å²) < 4.78 is 44.4. The monoisotopic (exact) mass is 459 g/mol. The van der Waals surface area contributed by atoms with E-state index < -0.39 is 11.7 Å². The number of carbonyl (C=O) groups is 1. The predicted octanol–water partition coefficient (Wildman–Crippen LogP) is 6.41. The average molecular weight is 460 g/mol. The molecule has 0 saturated carbocycles. The molecule has 0 bridgehead atoms. The second-order valence-electron chi connectivity index (χ2n) is 6.85. The van der Waals surface area contributed by atoms with Gasteiger partial charge in [-0.05, 0) is 36.2 Å². The summed E-state index contributed by atoms with van der Waals surface area (Å²) in [6.07, 6.45) is -2.09. The summed E-state index contributed by atoms with van der Waals surface area (Å²) in [7, 11) is 0. The molecule has 2 heterocycles. The van der Waals surface area contributed by atoms with Gasteiger partial charge in [0, 0.05) is 18.2 Å². The molecule has 0 atom stereocenters. The Morgan fingerprint density at radius 2 is 1.71 bits per heavy atom. The first-order chi connectivity index (χ1) is 14.8. The normalized spacial score (nSPS) is 15.8. The number of hydrogen-bond donors (Lipinski definition) is 0. The smallest absolute Gasteiger partial charge is 0.416 e. The van der Waals surface area contributed by atoms with E-state index in [1.54, 1.807) is 23.1 Å². The first-order valence-electron chi connectivity index (χ1n) is 9.38. The van der Waals surface area contributed by atoms with Crippen LogP contribution in [0.25, 0.3) is 17.4 Å². The number of halogens is 3. The molecule has 4 rings (SSSR count). The molecule has 1 aliphatic rings. The van der Waals surface area contributed by atoms with Crippen molar-refractivity contribution in [2.75, 3.05) is 6.54 Å². The first kappa shape index (κ1) is 21.4. The van der Waals surface area contributed by atoms with Gasteiger partial charge in [-0.3, -0.25) is 9.69 Å². The van der Waals surface area contributed by atoms with Crippen LogP contribution in [0, 0.1) is 0 Å². The topological polar surface area (TPSA) is 33.5 Å². The van der Waals surface area contributed by atoms with Crippen LogP contribution in [0.1, 0.15) is 16.9 Å². The van der Waals surface area contributed by atoms with Crippen molar-refractivity contribution >= 4 is 40.3 Å². The number of rotatable bonds is 5. The molecule has 8 heteroatoms. The van der Waals surface area contributed by atoms with E-state index >= 15 is 0 Å². The van der Waals surface area contributed by atoms with Gasteiger partial charge in [0.25, 0.3) is 5.91 Å². The van der Waals surface area contributed by atoms with Crippen molar-refractivity contribution in [2.24, 2.45) is 0 Å². The van der Waals surface area contributed by atoms with Crippen LogP contribution >= 0.6 is 24.0 Å². The third kappa shape index (κ3) is 4.91. The van der Waals surface area contributed by atoms with Crippen LogP contribution in [-0.2, 0) is 17.4 Å². The Morgan fingerprint density at radius 1 is 1.00 bits per heavy atom. The van der Waals surface area contributed by atoms with Crippen LogP contribution in [0.2, 0.25) is 0 Å². The zero-order valence-electron chi connectivity index (χ0n) is 16.1. The number of amides is 1. The molecule has 1 aliphatic heterocycles. The molecule has 0 aliphatic carbocycles. The number of nitrogens with zero attached hydrogens (tertiary/aromatic N) is 1. The summed E-state index contributed by atoms with van der Waals surface area (Å²) in [5.74, 6) is 0.663. The van der Waals surface area contributed by atoms with Crippen LogP contribution in [-0.4, -0.2) is 21.7 Å². The van der Waals surface area contributed by atoms with Crippen molar-refractivity contribution in [1.29, 1.82) is 0 Å². The zero-order valence-corrected chi connectivity index (χ0v) is 17.7. The maximum atomic E-state index is 12.8. The van der Waals surface area contributed by atoms with E-state index in [4.69, 9.17) is 16.6 Å². The molecular weight excluding hydrogens is 443 g/mol. The second kappa shape index (κ2) is 8.72. The fourth-order valence-corrected chi connectivity index (χ4v) is 4.41. The van der Waals surface area contributed by atoms with Crippen LogP contribution in [0.4, 0.5) is 13.2 Å². The Labute approximate surface area is 186 Å². The van der Waals surface area contributed by atoms with Crippen molar-refractivity contribution in [3.05, 3.63) is 88.5 Å². The lowest BCUT2D eigenvalue weighted by molar-refractivity contribution is -0.137. The number of carbonyl (C=O) groups excluding carboxylic acids is 1. The highest BCUT2D eigenvalue weighted by molar-refractivity contribution is 8.26. The Bertz CT molecular complexity index is 1140. The van der Waals surface area contributed by atoms with Crippen LogP contribution in [0.5, 0.6) is 0 Å². The molecule has 3 nitrogen and oxygen atoms in total. The summed E-state index contributed by atoms with van der Waals surface area (Å²) in [4.78, 5) is 14.8. The van der Waals surface area contributed by atoms with Crippen molar-refractivity contribution in [1.82, 2.24) is 4.90 Å². The Balaban J connectivity index is 1.46. The maximum absolute atomic E-state index is 12.8. The Hall–Kier alpha value is -2.84. The van der Waals surface area contributed by atoms with Gasteiger partial charge in [0.1, 0.15) is 15.8 Å². The van der Waals surface area contributed by atoms with Gasteiger partial charge in [0.2, 0.25) is 0 Å². The van der Waals surface area contributed by atoms with Crippen LogP contribution in [0.15, 0.2) is 76.1 Å². The standard InChI is InChI=1S/C23H16F3NO2S2/c24-23(25,26)17-8-6-16(7-9-17)19-11-10-18(29-19)14-20-21(28)27(22(30)31-20)13-12-15-4-2-1-3-5-15/h1-11,14H,12-13H2/b20-14-. The number of benzene rings is 2. The fraction of sp³-hybridized carbons (Fsp3) is 0.130. The highest BCUT2D eigenvalue weighted by Gasteiger charge is 2.32. The minimum absolute atomic E-state index is 0.182. The van der Waals surface area contributed by atoms with Crippen molar-refractivity contribution < 1.29 is 22.4 Å². The minimum Gasteiger partial charge on any atom is -0.457 e. The highest BCUT2D eigenvalue weighted by atomic mass is 32.2. The molecule has 3 aromatic rings. The number of hydrogen-bond acceptors (Lipinski definition) is 4. The van der Waals surface area contributed by atoms with Gasteiger partial charge in [0.05, 0.1) is 10.5 Å². The third-order valence-electron chi connectivity index (χ3n) is 4.74. The van der Waals surface area contributed by atoms with Crippen molar-refractivity contribution in [3.63, 3.8) is 0 Å². The molecule has 1 fully saturated rings. The van der Waals surface area contributed by atoms with Gasteiger partial charge < -0.3 is 4.42 Å². The maximum Gasteiger partial charge on any atom is 0.416 e. The lowest BCUT2D eigenvalue weighted by Crippen LogP contribution is -2.30. The summed E-state index contributed by atoms with van der Waals surface area (Å²) in [5.41, 5.74) is 0.915. The molecule has 0 radical (unpaired) electrons. The molecule has 158 valence electrons.